The molecule has 4 nitrogen and oxygen atoms in total. The normalized spacial score (nSPS) is 18.5. The van der Waals surface area contributed by atoms with Crippen molar-refractivity contribution in [1.29, 1.82) is 0 Å². The van der Waals surface area contributed by atoms with E-state index < -0.39 is 0 Å². The van der Waals surface area contributed by atoms with Crippen LogP contribution in [-0.2, 0) is 6.54 Å². The molecule has 0 amide bonds. The molecule has 2 aromatic rings. The van der Waals surface area contributed by atoms with Crippen LogP contribution in [0.25, 0.3) is 0 Å². The van der Waals surface area contributed by atoms with Crippen LogP contribution in [0.15, 0.2) is 30.6 Å². The molecule has 0 aromatic carbocycles. The highest BCUT2D eigenvalue weighted by atomic mass is 35.5. The number of halogens is 1. The van der Waals surface area contributed by atoms with E-state index >= 15 is 0 Å². The van der Waals surface area contributed by atoms with Crippen LogP contribution in [0, 0.1) is 12.8 Å². The van der Waals surface area contributed by atoms with Gasteiger partial charge in [-0.2, -0.15) is 0 Å². The van der Waals surface area contributed by atoms with E-state index in [9.17, 15) is 0 Å². The number of piperidine rings is 1. The lowest BCUT2D eigenvalue weighted by Gasteiger charge is -2.32. The van der Waals surface area contributed by atoms with Crippen LogP contribution in [0.4, 0.5) is 11.5 Å². The Morgan fingerprint density at radius 1 is 1.29 bits per heavy atom. The minimum atomic E-state index is 0.650. The van der Waals surface area contributed by atoms with Gasteiger partial charge < -0.3 is 5.32 Å². The van der Waals surface area contributed by atoms with Gasteiger partial charge in [0.1, 0.15) is 5.82 Å². The number of pyridine rings is 2. The molecule has 2 aromatic heterocycles. The molecule has 0 unspecified atom stereocenters. The second-order valence-corrected chi connectivity index (χ2v) is 7.05. The summed E-state index contributed by atoms with van der Waals surface area (Å²) in [5, 5.41) is 3.88. The molecule has 1 aliphatic rings. The molecule has 128 valence electrons. The first-order valence-electron chi connectivity index (χ1n) is 8.70. The minimum absolute atomic E-state index is 0.650. The van der Waals surface area contributed by atoms with Crippen molar-refractivity contribution >= 4 is 23.1 Å². The number of likely N-dealkylation sites (tertiary alicyclic amines) is 1. The molecule has 1 atom stereocenters. The Morgan fingerprint density at radius 3 is 2.88 bits per heavy atom. The average Bonchev–Trinajstić information content (AvgIpc) is 2.59. The van der Waals surface area contributed by atoms with Crippen molar-refractivity contribution < 1.29 is 0 Å². The number of aryl methyl sites for hydroxylation is 1. The van der Waals surface area contributed by atoms with Gasteiger partial charge in [0.25, 0.3) is 0 Å². The maximum absolute atomic E-state index is 6.42. The summed E-state index contributed by atoms with van der Waals surface area (Å²) >= 11 is 6.42. The van der Waals surface area contributed by atoms with E-state index in [1.165, 1.54) is 37.9 Å². The van der Waals surface area contributed by atoms with E-state index in [0.717, 1.165) is 23.8 Å². The highest BCUT2D eigenvalue weighted by Gasteiger charge is 2.18. The van der Waals surface area contributed by atoms with Gasteiger partial charge in [-0.15, -0.1) is 0 Å². The third-order valence-electron chi connectivity index (χ3n) is 4.66. The molecule has 1 fully saturated rings. The lowest BCUT2D eigenvalue weighted by atomic mass is 9.95. The van der Waals surface area contributed by atoms with Gasteiger partial charge in [0.05, 0.1) is 16.9 Å². The van der Waals surface area contributed by atoms with Crippen molar-refractivity contribution in [1.82, 2.24) is 14.9 Å². The van der Waals surface area contributed by atoms with Crippen LogP contribution in [0.2, 0.25) is 5.02 Å². The number of nitrogens with one attached hydrogen (secondary N) is 1. The Bertz CT molecular complexity index is 672. The summed E-state index contributed by atoms with van der Waals surface area (Å²) in [7, 11) is 0. The molecular weight excluding hydrogens is 320 g/mol. The fraction of sp³-hybridized carbons (Fsp3) is 0.474. The summed E-state index contributed by atoms with van der Waals surface area (Å²) in [6.07, 6.45) is 7.63. The van der Waals surface area contributed by atoms with Crippen LogP contribution in [0.5, 0.6) is 0 Å². The Balaban J connectivity index is 1.64. The van der Waals surface area contributed by atoms with E-state index in [0.29, 0.717) is 10.8 Å². The van der Waals surface area contributed by atoms with Crippen LogP contribution in [0.3, 0.4) is 0 Å². The Kier molecular flexibility index (Phi) is 5.69. The maximum atomic E-state index is 6.42. The molecule has 3 heterocycles. The van der Waals surface area contributed by atoms with Gasteiger partial charge in [-0.3, -0.25) is 9.88 Å². The Morgan fingerprint density at radius 2 is 2.17 bits per heavy atom. The van der Waals surface area contributed by atoms with Gasteiger partial charge in [-0.05, 0) is 56.0 Å². The van der Waals surface area contributed by atoms with E-state index in [-0.39, 0.29) is 0 Å². The average molecular weight is 345 g/mol. The van der Waals surface area contributed by atoms with Crippen LogP contribution >= 0.6 is 11.6 Å². The summed E-state index contributed by atoms with van der Waals surface area (Å²) in [5.74, 6) is 1.51. The van der Waals surface area contributed by atoms with E-state index in [2.05, 4.69) is 27.1 Å². The fourth-order valence-electron chi connectivity index (χ4n) is 3.22. The van der Waals surface area contributed by atoms with E-state index in [4.69, 9.17) is 11.6 Å². The molecule has 0 saturated carbocycles. The van der Waals surface area contributed by atoms with Gasteiger partial charge >= 0.3 is 0 Å². The second kappa shape index (κ2) is 7.95. The number of hydrogen-bond acceptors (Lipinski definition) is 4. The SMILES string of the molecule is CC[C@H]1CCCN(Cc2cnc(Nc3ccc(C)nc3)c(Cl)c2)C1. The zero-order chi connectivity index (χ0) is 16.9. The largest absolute Gasteiger partial charge is 0.338 e. The molecule has 5 heteroatoms. The predicted octanol–water partition coefficient (Wildman–Crippen LogP) is 4.80. The van der Waals surface area contributed by atoms with Gasteiger partial charge in [-0.25, -0.2) is 4.98 Å². The molecule has 24 heavy (non-hydrogen) atoms. The molecule has 1 saturated heterocycles. The highest BCUT2D eigenvalue weighted by molar-refractivity contribution is 6.33. The summed E-state index contributed by atoms with van der Waals surface area (Å²) in [4.78, 5) is 11.3. The van der Waals surface area contributed by atoms with Crippen LogP contribution in [0.1, 0.15) is 37.4 Å². The maximum Gasteiger partial charge on any atom is 0.149 e. The summed E-state index contributed by atoms with van der Waals surface area (Å²) < 4.78 is 0. The highest BCUT2D eigenvalue weighted by Crippen LogP contribution is 2.26. The van der Waals surface area contributed by atoms with E-state index in [1.807, 2.05) is 31.3 Å². The third-order valence-corrected chi connectivity index (χ3v) is 4.95. The van der Waals surface area contributed by atoms with Crippen molar-refractivity contribution in [3.05, 3.63) is 46.9 Å². The lowest BCUT2D eigenvalue weighted by molar-refractivity contribution is 0.164. The molecule has 3 rings (SSSR count). The quantitative estimate of drug-likeness (QED) is 0.845. The molecule has 0 radical (unpaired) electrons. The predicted molar refractivity (Wildman–Crippen MR) is 99.8 cm³/mol. The molecular formula is C19H25ClN4. The molecule has 0 aliphatic carbocycles. The number of aromatic nitrogens is 2. The molecule has 0 spiro atoms. The number of rotatable bonds is 5. The zero-order valence-corrected chi connectivity index (χ0v) is 15.2. The van der Waals surface area contributed by atoms with Gasteiger partial charge in [0.2, 0.25) is 0 Å². The van der Waals surface area contributed by atoms with Crippen molar-refractivity contribution in [2.45, 2.75) is 39.7 Å². The number of anilines is 2. The number of nitrogens with zero attached hydrogens (tertiary/aromatic N) is 3. The van der Waals surface area contributed by atoms with Gasteiger partial charge in [0.15, 0.2) is 0 Å². The minimum Gasteiger partial charge on any atom is -0.338 e. The summed E-state index contributed by atoms with van der Waals surface area (Å²) in [5.41, 5.74) is 3.05. The molecule has 0 bridgehead atoms. The first-order valence-corrected chi connectivity index (χ1v) is 9.08. The smallest absolute Gasteiger partial charge is 0.149 e. The third kappa shape index (κ3) is 4.46. The Hall–Kier alpha value is -1.65. The molecule has 1 aliphatic heterocycles. The van der Waals surface area contributed by atoms with Crippen LogP contribution in [-0.4, -0.2) is 28.0 Å². The van der Waals surface area contributed by atoms with Crippen molar-refractivity contribution in [3.8, 4) is 0 Å². The monoisotopic (exact) mass is 344 g/mol. The second-order valence-electron chi connectivity index (χ2n) is 6.64. The fourth-order valence-corrected chi connectivity index (χ4v) is 3.46. The zero-order valence-electron chi connectivity index (χ0n) is 14.4. The van der Waals surface area contributed by atoms with E-state index in [1.54, 1.807) is 6.20 Å². The van der Waals surface area contributed by atoms with Gasteiger partial charge in [0, 0.05) is 25.0 Å². The lowest BCUT2D eigenvalue weighted by Crippen LogP contribution is -2.34. The first-order chi connectivity index (χ1) is 11.6. The number of hydrogen-bond donors (Lipinski definition) is 1. The van der Waals surface area contributed by atoms with Crippen molar-refractivity contribution in [2.24, 2.45) is 5.92 Å². The summed E-state index contributed by atoms with van der Waals surface area (Å²) in [6.45, 7) is 7.53. The van der Waals surface area contributed by atoms with Crippen molar-refractivity contribution in [2.75, 3.05) is 18.4 Å². The first kappa shape index (κ1) is 17.2. The topological polar surface area (TPSA) is 41.1 Å². The summed E-state index contributed by atoms with van der Waals surface area (Å²) in [6, 6.07) is 5.96. The van der Waals surface area contributed by atoms with Gasteiger partial charge in [-0.1, -0.05) is 24.9 Å². The van der Waals surface area contributed by atoms with Crippen molar-refractivity contribution in [3.63, 3.8) is 0 Å². The molecule has 1 N–H and O–H groups in total. The van der Waals surface area contributed by atoms with Crippen LogP contribution < -0.4 is 5.32 Å². The standard InChI is InChI=1S/C19H25ClN4/c1-3-15-5-4-8-24(12-15)13-16-9-18(20)19(22-10-16)23-17-7-6-14(2)21-11-17/h6-7,9-11,15H,3-5,8,12-13H2,1-2H3,(H,22,23)/t15-/m0/s1. The Labute approximate surface area is 149 Å².